The third kappa shape index (κ3) is 3.64. The minimum absolute atomic E-state index is 0.202. The number of fused-ring (bicyclic) bond motifs is 2. The molecule has 0 N–H and O–H groups in total. The molecule has 7 heteroatoms. The van der Waals surface area contributed by atoms with Crippen molar-refractivity contribution in [3.8, 4) is 5.75 Å². The first kappa shape index (κ1) is 21.9. The first-order chi connectivity index (χ1) is 16.5. The van der Waals surface area contributed by atoms with E-state index in [-0.39, 0.29) is 5.56 Å². The monoisotopic (exact) mass is 470 g/mol. The number of ether oxygens (including phenoxy) is 2. The number of carbonyl (C=O) groups is 1. The van der Waals surface area contributed by atoms with Crippen LogP contribution in [0.2, 0.25) is 0 Å². The second-order valence-electron chi connectivity index (χ2n) is 7.91. The molecular weight excluding hydrogens is 448 g/mol. The van der Waals surface area contributed by atoms with Gasteiger partial charge in [-0.1, -0.05) is 65.9 Å². The van der Waals surface area contributed by atoms with E-state index < -0.39 is 12.0 Å². The van der Waals surface area contributed by atoms with E-state index in [4.69, 9.17) is 9.47 Å². The molecule has 1 atom stereocenters. The van der Waals surface area contributed by atoms with Crippen LogP contribution >= 0.6 is 11.3 Å². The van der Waals surface area contributed by atoms with Crippen LogP contribution in [0.3, 0.4) is 0 Å². The molecule has 34 heavy (non-hydrogen) atoms. The second kappa shape index (κ2) is 8.76. The molecule has 0 aliphatic carbocycles. The van der Waals surface area contributed by atoms with E-state index in [0.717, 1.165) is 21.9 Å². The molecule has 0 saturated heterocycles. The normalized spacial score (nSPS) is 15.7. The molecule has 4 aromatic rings. The predicted molar refractivity (Wildman–Crippen MR) is 133 cm³/mol. The van der Waals surface area contributed by atoms with Crippen LogP contribution in [0.1, 0.15) is 24.1 Å². The molecule has 0 unspecified atom stereocenters. The Labute approximate surface area is 199 Å². The first-order valence-electron chi connectivity index (χ1n) is 10.7. The van der Waals surface area contributed by atoms with Crippen molar-refractivity contribution < 1.29 is 14.3 Å². The molecule has 170 valence electrons. The third-order valence-corrected chi connectivity index (χ3v) is 6.95. The lowest BCUT2D eigenvalue weighted by molar-refractivity contribution is -0.136. The fourth-order valence-electron chi connectivity index (χ4n) is 4.31. The van der Waals surface area contributed by atoms with Gasteiger partial charge < -0.3 is 9.47 Å². The fraction of sp³-hybridized carbons (Fsp3) is 0.148. The number of rotatable bonds is 4. The summed E-state index contributed by atoms with van der Waals surface area (Å²) in [6.45, 7) is 1.77. The molecule has 0 amide bonds. The van der Waals surface area contributed by atoms with E-state index in [0.29, 0.717) is 26.4 Å². The van der Waals surface area contributed by atoms with Crippen molar-refractivity contribution >= 4 is 34.2 Å². The molecule has 3 aromatic carbocycles. The summed E-state index contributed by atoms with van der Waals surface area (Å²) in [6.07, 6.45) is 1.90. The van der Waals surface area contributed by atoms with Gasteiger partial charge in [0.05, 0.1) is 36.1 Å². The Bertz CT molecular complexity index is 1620. The molecular formula is C27H22N2O4S. The molecule has 6 nitrogen and oxygen atoms in total. The van der Waals surface area contributed by atoms with Crippen molar-refractivity contribution in [3.63, 3.8) is 0 Å². The fourth-order valence-corrected chi connectivity index (χ4v) is 5.35. The Morgan fingerprint density at radius 1 is 1.03 bits per heavy atom. The summed E-state index contributed by atoms with van der Waals surface area (Å²) in [5, 5.41) is 2.16. The van der Waals surface area contributed by atoms with Gasteiger partial charge in [-0.2, -0.15) is 0 Å². The summed E-state index contributed by atoms with van der Waals surface area (Å²) in [4.78, 5) is 31.6. The number of carbonyl (C=O) groups excluding carboxylic acids is 1. The van der Waals surface area contributed by atoms with Crippen molar-refractivity contribution in [2.24, 2.45) is 4.99 Å². The zero-order valence-electron chi connectivity index (χ0n) is 18.9. The topological polar surface area (TPSA) is 69.9 Å². The summed E-state index contributed by atoms with van der Waals surface area (Å²) < 4.78 is 12.5. The number of methoxy groups -OCH3 is 2. The van der Waals surface area contributed by atoms with Gasteiger partial charge in [-0.05, 0) is 47.0 Å². The molecule has 0 spiro atoms. The van der Waals surface area contributed by atoms with Crippen LogP contribution in [0.4, 0.5) is 0 Å². The lowest BCUT2D eigenvalue weighted by Crippen LogP contribution is -2.39. The van der Waals surface area contributed by atoms with Gasteiger partial charge in [-0.3, -0.25) is 9.36 Å². The SMILES string of the molecule is COC(=O)C1=C(C)N=c2s/c(=C/c3cccc4ccccc34)c(=O)n2[C@@H]1c1ccc(OC)cc1. The van der Waals surface area contributed by atoms with Gasteiger partial charge in [-0.15, -0.1) is 0 Å². The molecule has 1 aliphatic heterocycles. The lowest BCUT2D eigenvalue weighted by Gasteiger charge is -2.24. The average molecular weight is 471 g/mol. The molecule has 1 aliphatic rings. The number of aromatic nitrogens is 1. The van der Waals surface area contributed by atoms with E-state index in [1.165, 1.54) is 18.4 Å². The Morgan fingerprint density at radius 3 is 2.50 bits per heavy atom. The Kier molecular flexibility index (Phi) is 5.63. The second-order valence-corrected chi connectivity index (χ2v) is 8.92. The summed E-state index contributed by atoms with van der Waals surface area (Å²) in [5.41, 5.74) is 2.40. The van der Waals surface area contributed by atoms with Crippen LogP contribution in [0.5, 0.6) is 5.75 Å². The molecule has 1 aromatic heterocycles. The van der Waals surface area contributed by atoms with Gasteiger partial charge in [0.1, 0.15) is 5.75 Å². The molecule has 0 fully saturated rings. The summed E-state index contributed by atoms with van der Waals surface area (Å²) >= 11 is 1.31. The van der Waals surface area contributed by atoms with Gasteiger partial charge in [-0.25, -0.2) is 9.79 Å². The molecule has 5 rings (SSSR count). The minimum atomic E-state index is -0.649. The smallest absolute Gasteiger partial charge is 0.338 e. The van der Waals surface area contributed by atoms with Crippen molar-refractivity contribution in [1.82, 2.24) is 4.57 Å². The van der Waals surface area contributed by atoms with Gasteiger partial charge in [0.15, 0.2) is 4.80 Å². The highest BCUT2D eigenvalue weighted by Crippen LogP contribution is 2.31. The summed E-state index contributed by atoms with van der Waals surface area (Å²) in [6, 6.07) is 20.8. The van der Waals surface area contributed by atoms with Crippen molar-refractivity contribution in [3.05, 3.63) is 109 Å². The van der Waals surface area contributed by atoms with Crippen LogP contribution in [-0.2, 0) is 9.53 Å². The number of thiazole rings is 1. The van der Waals surface area contributed by atoms with E-state index >= 15 is 0 Å². The third-order valence-electron chi connectivity index (χ3n) is 5.97. The Hall–Kier alpha value is -3.97. The van der Waals surface area contributed by atoms with Gasteiger partial charge in [0.25, 0.3) is 5.56 Å². The van der Waals surface area contributed by atoms with Crippen LogP contribution in [0.15, 0.2) is 87.8 Å². The number of benzene rings is 3. The van der Waals surface area contributed by atoms with E-state index in [1.807, 2.05) is 72.8 Å². The standard InChI is InChI=1S/C27H22N2O4S/c1-16-23(26(31)33-3)24(18-11-13-20(32-2)14-12-18)29-25(30)22(34-27(29)28-16)15-19-9-6-8-17-7-4-5-10-21(17)19/h4-15,24H,1-3H3/b22-15+/t24-/m1/s1. The van der Waals surface area contributed by atoms with Crippen LogP contribution in [0.25, 0.3) is 16.8 Å². The number of allylic oxidation sites excluding steroid dienone is 1. The molecule has 0 bridgehead atoms. The quantitative estimate of drug-likeness (QED) is 0.428. The van der Waals surface area contributed by atoms with Crippen LogP contribution in [-0.4, -0.2) is 24.8 Å². The summed E-state index contributed by atoms with van der Waals surface area (Å²) in [7, 11) is 2.93. The largest absolute Gasteiger partial charge is 0.497 e. The number of hydrogen-bond acceptors (Lipinski definition) is 6. The molecule has 0 saturated carbocycles. The van der Waals surface area contributed by atoms with Crippen LogP contribution < -0.4 is 19.6 Å². The first-order valence-corrected chi connectivity index (χ1v) is 11.6. The van der Waals surface area contributed by atoms with E-state index in [2.05, 4.69) is 4.99 Å². The summed E-state index contributed by atoms with van der Waals surface area (Å²) in [5.74, 6) is 0.179. The molecule has 0 radical (unpaired) electrons. The van der Waals surface area contributed by atoms with E-state index in [1.54, 1.807) is 18.6 Å². The zero-order valence-corrected chi connectivity index (χ0v) is 19.8. The Morgan fingerprint density at radius 2 is 1.76 bits per heavy atom. The lowest BCUT2D eigenvalue weighted by atomic mass is 9.96. The Balaban J connectivity index is 1.75. The maximum atomic E-state index is 13.7. The number of hydrogen-bond donors (Lipinski definition) is 0. The van der Waals surface area contributed by atoms with Gasteiger partial charge in [0, 0.05) is 0 Å². The zero-order chi connectivity index (χ0) is 23.8. The number of esters is 1. The van der Waals surface area contributed by atoms with Crippen LogP contribution in [0, 0.1) is 0 Å². The highest BCUT2D eigenvalue weighted by atomic mass is 32.1. The number of nitrogens with zero attached hydrogens (tertiary/aromatic N) is 2. The van der Waals surface area contributed by atoms with Crippen molar-refractivity contribution in [2.45, 2.75) is 13.0 Å². The maximum absolute atomic E-state index is 13.7. The highest BCUT2D eigenvalue weighted by molar-refractivity contribution is 7.07. The van der Waals surface area contributed by atoms with Crippen molar-refractivity contribution in [1.29, 1.82) is 0 Å². The van der Waals surface area contributed by atoms with Gasteiger partial charge >= 0.3 is 5.97 Å². The minimum Gasteiger partial charge on any atom is -0.497 e. The van der Waals surface area contributed by atoms with Crippen molar-refractivity contribution in [2.75, 3.05) is 14.2 Å². The van der Waals surface area contributed by atoms with E-state index in [9.17, 15) is 9.59 Å². The molecule has 2 heterocycles. The highest BCUT2D eigenvalue weighted by Gasteiger charge is 2.33. The predicted octanol–water partition coefficient (Wildman–Crippen LogP) is 3.57. The van der Waals surface area contributed by atoms with Gasteiger partial charge in [0.2, 0.25) is 0 Å². The average Bonchev–Trinajstić information content (AvgIpc) is 3.17. The maximum Gasteiger partial charge on any atom is 0.338 e.